The van der Waals surface area contributed by atoms with E-state index in [1.165, 1.54) is 19.3 Å². The fourth-order valence-corrected chi connectivity index (χ4v) is 4.96. The molecule has 4 heteroatoms. The Hall–Kier alpha value is -0.160. The molecular weight excluding hydrogens is 278 g/mol. The Morgan fingerprint density at radius 3 is 2.73 bits per heavy atom. The van der Waals surface area contributed by atoms with Gasteiger partial charge in [0.15, 0.2) is 0 Å². The van der Waals surface area contributed by atoms with E-state index in [-0.39, 0.29) is 6.10 Å². The topological polar surface area (TPSA) is 50.7 Å². The summed E-state index contributed by atoms with van der Waals surface area (Å²) in [6.07, 6.45) is 5.98. The summed E-state index contributed by atoms with van der Waals surface area (Å²) in [5.74, 6) is 0.836. The van der Waals surface area contributed by atoms with Crippen LogP contribution in [0, 0.1) is 16.7 Å². The maximum Gasteiger partial charge on any atom is 0.0897 e. The zero-order valence-electron chi connectivity index (χ0n) is 14.4. The molecule has 0 aromatic carbocycles. The number of ether oxygens (including phenoxy) is 2. The largest absolute Gasteiger partial charge is 0.389 e. The van der Waals surface area contributed by atoms with Gasteiger partial charge >= 0.3 is 0 Å². The van der Waals surface area contributed by atoms with Crippen molar-refractivity contribution in [3.63, 3.8) is 0 Å². The quantitative estimate of drug-likeness (QED) is 0.758. The fraction of sp³-hybridized carbons (Fsp3) is 1.00. The molecule has 5 atom stereocenters. The first-order valence-corrected chi connectivity index (χ1v) is 9.04. The molecule has 1 heterocycles. The third-order valence-electron chi connectivity index (χ3n) is 7.03. The van der Waals surface area contributed by atoms with Crippen molar-refractivity contribution in [2.24, 2.45) is 16.7 Å². The Balaban J connectivity index is 1.37. The minimum atomic E-state index is -0.424. The van der Waals surface area contributed by atoms with E-state index in [0.717, 1.165) is 25.4 Å². The van der Waals surface area contributed by atoms with Crippen LogP contribution in [0.25, 0.3) is 0 Å². The lowest BCUT2D eigenvalue weighted by molar-refractivity contribution is -0.0183. The van der Waals surface area contributed by atoms with Crippen LogP contribution in [0.5, 0.6) is 0 Å². The number of hydrogen-bond acceptors (Lipinski definition) is 4. The zero-order valence-corrected chi connectivity index (χ0v) is 14.4. The minimum Gasteiger partial charge on any atom is -0.389 e. The van der Waals surface area contributed by atoms with Crippen molar-refractivity contribution in [3.05, 3.63) is 0 Å². The Morgan fingerprint density at radius 2 is 2.14 bits per heavy atom. The second kappa shape index (κ2) is 6.39. The molecule has 2 N–H and O–H groups in total. The van der Waals surface area contributed by atoms with Gasteiger partial charge in [-0.25, -0.2) is 0 Å². The highest BCUT2D eigenvalue weighted by atomic mass is 16.5. The third kappa shape index (κ3) is 2.95. The molecule has 22 heavy (non-hydrogen) atoms. The first-order chi connectivity index (χ1) is 10.4. The molecule has 3 rings (SSSR count). The average Bonchev–Trinajstić information content (AvgIpc) is 3.10. The van der Waals surface area contributed by atoms with E-state index < -0.39 is 6.10 Å². The first kappa shape index (κ1) is 16.7. The van der Waals surface area contributed by atoms with Gasteiger partial charge in [0.2, 0.25) is 0 Å². The molecule has 0 aromatic heterocycles. The molecule has 1 saturated heterocycles. The van der Waals surface area contributed by atoms with E-state index in [0.29, 0.717) is 36.6 Å². The van der Waals surface area contributed by atoms with E-state index in [4.69, 9.17) is 9.47 Å². The van der Waals surface area contributed by atoms with E-state index in [9.17, 15) is 5.11 Å². The molecule has 0 aromatic rings. The first-order valence-electron chi connectivity index (χ1n) is 9.04. The van der Waals surface area contributed by atoms with Gasteiger partial charge in [0.05, 0.1) is 25.4 Å². The van der Waals surface area contributed by atoms with Crippen molar-refractivity contribution in [2.75, 3.05) is 26.4 Å². The van der Waals surface area contributed by atoms with Gasteiger partial charge in [-0.15, -0.1) is 0 Å². The van der Waals surface area contributed by atoms with Crippen molar-refractivity contribution in [3.8, 4) is 0 Å². The summed E-state index contributed by atoms with van der Waals surface area (Å²) < 4.78 is 11.1. The highest BCUT2D eigenvalue weighted by Crippen LogP contribution is 2.65. The van der Waals surface area contributed by atoms with E-state index >= 15 is 0 Å². The van der Waals surface area contributed by atoms with Crippen LogP contribution in [0.2, 0.25) is 0 Å². The molecule has 2 bridgehead atoms. The van der Waals surface area contributed by atoms with Gasteiger partial charge in [-0.3, -0.25) is 0 Å². The SMILES string of the molecule is CC1(C)[C@@H]2CC[C@]1(C)[C@H](NC[C@H](O)COC[C@@H]1CCCO1)C2. The van der Waals surface area contributed by atoms with E-state index in [1.807, 2.05) is 0 Å². The average molecular weight is 311 g/mol. The number of nitrogens with one attached hydrogen (secondary N) is 1. The molecule has 128 valence electrons. The van der Waals surface area contributed by atoms with Crippen molar-refractivity contribution in [1.29, 1.82) is 0 Å². The third-order valence-corrected chi connectivity index (χ3v) is 7.03. The fourth-order valence-electron chi connectivity index (χ4n) is 4.96. The van der Waals surface area contributed by atoms with Gasteiger partial charge in [-0.2, -0.15) is 0 Å². The lowest BCUT2D eigenvalue weighted by atomic mass is 9.69. The molecule has 0 unspecified atom stereocenters. The molecule has 4 nitrogen and oxygen atoms in total. The standard InChI is InChI=1S/C18H33NO3/c1-17(2)13-6-7-18(17,3)16(9-13)19-10-14(20)11-21-12-15-5-4-8-22-15/h13-16,19-20H,4-12H2,1-3H3/t13-,14+,15+,16-,18-/m1/s1. The summed E-state index contributed by atoms with van der Waals surface area (Å²) in [6.45, 7) is 9.79. The molecule has 3 aliphatic rings. The van der Waals surface area contributed by atoms with Crippen LogP contribution >= 0.6 is 0 Å². The number of hydrogen-bond donors (Lipinski definition) is 2. The summed E-state index contributed by atoms with van der Waals surface area (Å²) in [5.41, 5.74) is 0.794. The molecule has 0 radical (unpaired) electrons. The molecule has 2 saturated carbocycles. The number of aliphatic hydroxyl groups excluding tert-OH is 1. The molecule has 3 fully saturated rings. The van der Waals surface area contributed by atoms with E-state index in [1.54, 1.807) is 0 Å². The van der Waals surface area contributed by atoms with Gasteiger partial charge in [0, 0.05) is 19.2 Å². The summed E-state index contributed by atoms with van der Waals surface area (Å²) >= 11 is 0. The van der Waals surface area contributed by atoms with Crippen LogP contribution < -0.4 is 5.32 Å². The minimum absolute atomic E-state index is 0.241. The Bertz CT molecular complexity index is 381. The summed E-state index contributed by atoms with van der Waals surface area (Å²) in [5, 5.41) is 13.8. The van der Waals surface area contributed by atoms with Crippen molar-refractivity contribution < 1.29 is 14.6 Å². The van der Waals surface area contributed by atoms with Gasteiger partial charge in [0.25, 0.3) is 0 Å². The molecule has 0 amide bonds. The van der Waals surface area contributed by atoms with Crippen molar-refractivity contribution in [1.82, 2.24) is 5.32 Å². The lowest BCUT2D eigenvalue weighted by Crippen LogP contribution is -2.47. The van der Waals surface area contributed by atoms with Gasteiger partial charge in [-0.1, -0.05) is 20.8 Å². The number of rotatable bonds is 7. The van der Waals surface area contributed by atoms with Crippen LogP contribution in [-0.4, -0.2) is 49.7 Å². The van der Waals surface area contributed by atoms with Gasteiger partial charge < -0.3 is 19.9 Å². The normalized spacial score (nSPS) is 41.2. The highest BCUT2D eigenvalue weighted by Gasteiger charge is 2.60. The number of fused-ring (bicyclic) bond motifs is 2. The van der Waals surface area contributed by atoms with Crippen LogP contribution in [0.4, 0.5) is 0 Å². The Kier molecular flexibility index (Phi) is 4.84. The van der Waals surface area contributed by atoms with Crippen LogP contribution in [0.15, 0.2) is 0 Å². The van der Waals surface area contributed by atoms with E-state index in [2.05, 4.69) is 26.1 Å². The van der Waals surface area contributed by atoms with Crippen molar-refractivity contribution in [2.45, 2.75) is 71.1 Å². The second-order valence-electron chi connectivity index (χ2n) is 8.40. The maximum absolute atomic E-state index is 10.1. The Labute approximate surface area is 134 Å². The highest BCUT2D eigenvalue weighted by molar-refractivity contribution is 5.13. The van der Waals surface area contributed by atoms with Crippen LogP contribution in [0.3, 0.4) is 0 Å². The number of aliphatic hydroxyl groups is 1. The summed E-state index contributed by atoms with van der Waals surface area (Å²) in [6, 6.07) is 0.536. The second-order valence-corrected chi connectivity index (χ2v) is 8.40. The van der Waals surface area contributed by atoms with Crippen molar-refractivity contribution >= 4 is 0 Å². The van der Waals surface area contributed by atoms with Gasteiger partial charge in [-0.05, 0) is 48.9 Å². The Morgan fingerprint density at radius 1 is 1.32 bits per heavy atom. The maximum atomic E-state index is 10.1. The molecular formula is C18H33NO3. The zero-order chi connectivity index (χ0) is 15.8. The monoisotopic (exact) mass is 311 g/mol. The smallest absolute Gasteiger partial charge is 0.0897 e. The summed E-state index contributed by atoms with van der Waals surface area (Å²) in [4.78, 5) is 0. The molecule has 0 spiro atoms. The van der Waals surface area contributed by atoms with Gasteiger partial charge in [0.1, 0.15) is 0 Å². The lowest BCUT2D eigenvalue weighted by Gasteiger charge is -2.40. The van der Waals surface area contributed by atoms with Crippen LogP contribution in [-0.2, 0) is 9.47 Å². The molecule has 2 aliphatic carbocycles. The summed E-state index contributed by atoms with van der Waals surface area (Å²) in [7, 11) is 0. The van der Waals surface area contributed by atoms with Crippen LogP contribution in [0.1, 0.15) is 52.9 Å². The predicted octanol–water partition coefficient (Wildman–Crippen LogP) is 2.35. The predicted molar refractivity (Wildman–Crippen MR) is 86.8 cm³/mol. The molecule has 1 aliphatic heterocycles.